The molecule has 0 amide bonds. The number of phenols is 1. The Bertz CT molecular complexity index is 312. The largest absolute Gasteiger partial charge is 0.507 e. The Morgan fingerprint density at radius 2 is 2.15 bits per heavy atom. The Balaban J connectivity index is 0.000000845. The third kappa shape index (κ3) is 1.79. The summed E-state index contributed by atoms with van der Waals surface area (Å²) in [4.78, 5) is 0. The first-order chi connectivity index (χ1) is 5.79. The number of halogens is 1. The summed E-state index contributed by atoms with van der Waals surface area (Å²) in [5.41, 5.74) is 3.36. The number of fused-ring (bicyclic) bond motifs is 1. The van der Waals surface area contributed by atoms with Gasteiger partial charge in [-0.1, -0.05) is 12.1 Å². The summed E-state index contributed by atoms with van der Waals surface area (Å²) in [7, 11) is 0. The first kappa shape index (κ1) is 10.4. The van der Waals surface area contributed by atoms with Crippen molar-refractivity contribution in [1.82, 2.24) is 5.32 Å². The van der Waals surface area contributed by atoms with Gasteiger partial charge in [-0.05, 0) is 36.6 Å². The Hall–Kier alpha value is -0.730. The molecule has 0 atom stereocenters. The molecule has 0 bridgehead atoms. The van der Waals surface area contributed by atoms with E-state index in [9.17, 15) is 5.11 Å². The topological polar surface area (TPSA) is 32.3 Å². The Morgan fingerprint density at radius 3 is 2.92 bits per heavy atom. The SMILES string of the molecule is Cc1ccc2c(c1O)CCNC2.Cl. The summed E-state index contributed by atoms with van der Waals surface area (Å²) in [6.45, 7) is 3.81. The van der Waals surface area contributed by atoms with Gasteiger partial charge in [0.05, 0.1) is 0 Å². The van der Waals surface area contributed by atoms with Crippen LogP contribution in [0.15, 0.2) is 12.1 Å². The number of hydrogen-bond acceptors (Lipinski definition) is 2. The molecule has 1 heterocycles. The fourth-order valence-electron chi connectivity index (χ4n) is 1.68. The number of rotatable bonds is 0. The third-order valence-electron chi connectivity index (χ3n) is 2.45. The number of nitrogens with one attached hydrogen (secondary N) is 1. The molecule has 1 aliphatic rings. The van der Waals surface area contributed by atoms with Gasteiger partial charge < -0.3 is 10.4 Å². The van der Waals surface area contributed by atoms with Crippen LogP contribution in [0, 0.1) is 6.92 Å². The molecular weight excluding hydrogens is 186 g/mol. The van der Waals surface area contributed by atoms with E-state index in [-0.39, 0.29) is 12.4 Å². The first-order valence-electron chi connectivity index (χ1n) is 4.30. The highest BCUT2D eigenvalue weighted by Crippen LogP contribution is 2.27. The van der Waals surface area contributed by atoms with Crippen LogP contribution < -0.4 is 5.32 Å². The van der Waals surface area contributed by atoms with E-state index in [1.54, 1.807) is 0 Å². The van der Waals surface area contributed by atoms with E-state index < -0.39 is 0 Å². The van der Waals surface area contributed by atoms with E-state index in [0.717, 1.165) is 30.6 Å². The molecular formula is C10H14ClNO. The molecule has 0 radical (unpaired) electrons. The number of hydrogen-bond donors (Lipinski definition) is 2. The van der Waals surface area contributed by atoms with Gasteiger partial charge in [0.15, 0.2) is 0 Å². The molecule has 72 valence electrons. The van der Waals surface area contributed by atoms with Crippen LogP contribution in [0.1, 0.15) is 16.7 Å². The molecule has 0 unspecified atom stereocenters. The van der Waals surface area contributed by atoms with Gasteiger partial charge in [0, 0.05) is 6.54 Å². The van der Waals surface area contributed by atoms with Crippen LogP contribution in [0.3, 0.4) is 0 Å². The van der Waals surface area contributed by atoms with Gasteiger partial charge in [-0.15, -0.1) is 12.4 Å². The van der Waals surface area contributed by atoms with Crippen molar-refractivity contribution in [3.63, 3.8) is 0 Å². The maximum atomic E-state index is 9.72. The Labute approximate surface area is 84.4 Å². The molecule has 1 aromatic rings. The number of benzene rings is 1. The summed E-state index contributed by atoms with van der Waals surface area (Å²) in [5.74, 6) is 0.494. The van der Waals surface area contributed by atoms with Gasteiger partial charge >= 0.3 is 0 Å². The smallest absolute Gasteiger partial charge is 0.122 e. The second kappa shape index (κ2) is 3.99. The second-order valence-corrected chi connectivity index (χ2v) is 3.30. The first-order valence-corrected chi connectivity index (χ1v) is 4.30. The predicted octanol–water partition coefficient (Wildman–Crippen LogP) is 1.77. The van der Waals surface area contributed by atoms with E-state index in [4.69, 9.17) is 0 Å². The maximum Gasteiger partial charge on any atom is 0.122 e. The minimum absolute atomic E-state index is 0. The van der Waals surface area contributed by atoms with Gasteiger partial charge in [-0.2, -0.15) is 0 Å². The van der Waals surface area contributed by atoms with Gasteiger partial charge in [0.1, 0.15) is 5.75 Å². The lowest BCUT2D eigenvalue weighted by Crippen LogP contribution is -2.23. The molecule has 0 aromatic heterocycles. The van der Waals surface area contributed by atoms with Crippen LogP contribution in [0.25, 0.3) is 0 Å². The van der Waals surface area contributed by atoms with Gasteiger partial charge in [-0.25, -0.2) is 0 Å². The zero-order valence-electron chi connectivity index (χ0n) is 7.63. The van der Waals surface area contributed by atoms with E-state index in [1.165, 1.54) is 5.56 Å². The van der Waals surface area contributed by atoms with Gasteiger partial charge in [-0.3, -0.25) is 0 Å². The molecule has 0 fully saturated rings. The third-order valence-corrected chi connectivity index (χ3v) is 2.45. The molecule has 2 nitrogen and oxygen atoms in total. The average Bonchev–Trinajstić information content (AvgIpc) is 2.12. The van der Waals surface area contributed by atoms with Crippen molar-refractivity contribution in [3.05, 3.63) is 28.8 Å². The molecule has 0 saturated carbocycles. The molecule has 1 aromatic carbocycles. The quantitative estimate of drug-likeness (QED) is 0.668. The van der Waals surface area contributed by atoms with Crippen molar-refractivity contribution in [3.8, 4) is 5.75 Å². The van der Waals surface area contributed by atoms with E-state index in [2.05, 4.69) is 11.4 Å². The highest BCUT2D eigenvalue weighted by Gasteiger charge is 2.13. The van der Waals surface area contributed by atoms with Crippen LogP contribution >= 0.6 is 12.4 Å². The number of phenolic OH excluding ortho intramolecular Hbond substituents is 1. The standard InChI is InChI=1S/C10H13NO.ClH/c1-7-2-3-8-6-11-5-4-9(8)10(7)12;/h2-3,11-12H,4-6H2,1H3;1H. The molecule has 0 aliphatic carbocycles. The highest BCUT2D eigenvalue weighted by molar-refractivity contribution is 5.85. The van der Waals surface area contributed by atoms with Crippen LogP contribution in [0.4, 0.5) is 0 Å². The van der Waals surface area contributed by atoms with Crippen molar-refractivity contribution in [2.45, 2.75) is 19.9 Å². The molecule has 3 heteroatoms. The molecule has 0 spiro atoms. The maximum absolute atomic E-state index is 9.72. The van der Waals surface area contributed by atoms with Crippen LogP contribution in [-0.4, -0.2) is 11.7 Å². The lowest BCUT2D eigenvalue weighted by atomic mass is 9.97. The minimum atomic E-state index is 0. The van der Waals surface area contributed by atoms with Crippen molar-refractivity contribution in [2.24, 2.45) is 0 Å². The van der Waals surface area contributed by atoms with E-state index in [0.29, 0.717) is 5.75 Å². The van der Waals surface area contributed by atoms with Gasteiger partial charge in [0.2, 0.25) is 0 Å². The zero-order chi connectivity index (χ0) is 8.55. The minimum Gasteiger partial charge on any atom is -0.507 e. The molecule has 2 N–H and O–H groups in total. The van der Waals surface area contributed by atoms with Crippen molar-refractivity contribution >= 4 is 12.4 Å². The highest BCUT2D eigenvalue weighted by atomic mass is 35.5. The predicted molar refractivity (Wildman–Crippen MR) is 55.5 cm³/mol. The molecule has 13 heavy (non-hydrogen) atoms. The molecule has 0 saturated heterocycles. The van der Waals surface area contributed by atoms with E-state index >= 15 is 0 Å². The average molecular weight is 200 g/mol. The number of aryl methyl sites for hydroxylation is 1. The monoisotopic (exact) mass is 199 g/mol. The summed E-state index contributed by atoms with van der Waals surface area (Å²) < 4.78 is 0. The number of aromatic hydroxyl groups is 1. The van der Waals surface area contributed by atoms with Crippen molar-refractivity contribution in [2.75, 3.05) is 6.54 Å². The summed E-state index contributed by atoms with van der Waals surface area (Å²) in [5, 5.41) is 13.0. The fraction of sp³-hybridized carbons (Fsp3) is 0.400. The van der Waals surface area contributed by atoms with Crippen LogP contribution in [-0.2, 0) is 13.0 Å². The molecule has 2 rings (SSSR count). The lowest BCUT2D eigenvalue weighted by molar-refractivity contribution is 0.457. The zero-order valence-corrected chi connectivity index (χ0v) is 8.45. The normalized spacial score (nSPS) is 14.5. The summed E-state index contributed by atoms with van der Waals surface area (Å²) >= 11 is 0. The molecule has 1 aliphatic heterocycles. The Kier molecular flexibility index (Phi) is 3.17. The summed E-state index contributed by atoms with van der Waals surface area (Å²) in [6.07, 6.45) is 0.947. The Morgan fingerprint density at radius 1 is 1.38 bits per heavy atom. The second-order valence-electron chi connectivity index (χ2n) is 3.30. The van der Waals surface area contributed by atoms with Gasteiger partial charge in [0.25, 0.3) is 0 Å². The fourth-order valence-corrected chi connectivity index (χ4v) is 1.68. The van der Waals surface area contributed by atoms with E-state index in [1.807, 2.05) is 13.0 Å². The lowest BCUT2D eigenvalue weighted by Gasteiger charge is -2.18. The van der Waals surface area contributed by atoms with Crippen molar-refractivity contribution in [1.29, 1.82) is 0 Å². The van der Waals surface area contributed by atoms with Crippen LogP contribution in [0.5, 0.6) is 5.75 Å². The van der Waals surface area contributed by atoms with Crippen molar-refractivity contribution < 1.29 is 5.11 Å². The van der Waals surface area contributed by atoms with Crippen LogP contribution in [0.2, 0.25) is 0 Å². The summed E-state index contributed by atoms with van der Waals surface area (Å²) in [6, 6.07) is 4.07.